The molecule has 0 bridgehead atoms. The molecule has 5 rings (SSSR count). The van der Waals surface area contributed by atoms with Gasteiger partial charge in [-0.25, -0.2) is 9.37 Å². The van der Waals surface area contributed by atoms with E-state index in [1.165, 1.54) is 24.4 Å². The summed E-state index contributed by atoms with van der Waals surface area (Å²) in [4.78, 5) is 8.88. The number of hydrogen-bond donors (Lipinski definition) is 1. The number of aromatic hydroxyl groups is 1. The molecule has 8 heteroatoms. The highest BCUT2D eigenvalue weighted by Gasteiger charge is 2.32. The van der Waals surface area contributed by atoms with Gasteiger partial charge in [0.15, 0.2) is 5.65 Å². The topological polar surface area (TPSA) is 50.4 Å². The molecule has 4 aromatic rings. The Morgan fingerprint density at radius 2 is 1.87 bits per heavy atom. The molecule has 1 aliphatic rings. The van der Waals surface area contributed by atoms with Crippen molar-refractivity contribution in [2.24, 2.45) is 0 Å². The highest BCUT2D eigenvalue weighted by atomic mass is 19.4. The van der Waals surface area contributed by atoms with Crippen molar-refractivity contribution in [2.75, 3.05) is 0 Å². The predicted molar refractivity (Wildman–Crippen MR) is 102 cm³/mol. The highest BCUT2D eigenvalue weighted by molar-refractivity contribution is 5.71. The average molecular weight is 413 g/mol. The van der Waals surface area contributed by atoms with Crippen LogP contribution in [0.5, 0.6) is 5.75 Å². The van der Waals surface area contributed by atoms with Gasteiger partial charge in [-0.2, -0.15) is 13.2 Å². The summed E-state index contributed by atoms with van der Waals surface area (Å²) >= 11 is 0. The Morgan fingerprint density at radius 3 is 2.57 bits per heavy atom. The molecule has 2 aromatic carbocycles. The minimum Gasteiger partial charge on any atom is -0.508 e. The Hall–Kier alpha value is -3.42. The number of hydrogen-bond acceptors (Lipinski definition) is 3. The van der Waals surface area contributed by atoms with E-state index < -0.39 is 17.6 Å². The molecule has 1 N–H and O–H groups in total. The molecule has 0 radical (unpaired) electrons. The number of halogens is 4. The lowest BCUT2D eigenvalue weighted by Gasteiger charge is -2.10. The first-order valence-electron chi connectivity index (χ1n) is 9.36. The maximum absolute atomic E-state index is 14.7. The number of phenols is 1. The first kappa shape index (κ1) is 18.6. The summed E-state index contributed by atoms with van der Waals surface area (Å²) in [5.41, 5.74) is 1.84. The minimum atomic E-state index is -4.46. The van der Waals surface area contributed by atoms with Crippen molar-refractivity contribution < 1.29 is 22.7 Å². The van der Waals surface area contributed by atoms with E-state index in [4.69, 9.17) is 0 Å². The zero-order chi connectivity index (χ0) is 21.0. The Morgan fingerprint density at radius 1 is 1.07 bits per heavy atom. The van der Waals surface area contributed by atoms with Gasteiger partial charge in [-0.05, 0) is 37.1 Å². The van der Waals surface area contributed by atoms with E-state index in [0.717, 1.165) is 36.7 Å². The van der Waals surface area contributed by atoms with Gasteiger partial charge < -0.3 is 5.11 Å². The van der Waals surface area contributed by atoms with Gasteiger partial charge >= 0.3 is 6.18 Å². The lowest BCUT2D eigenvalue weighted by Crippen LogP contribution is -2.04. The molecular weight excluding hydrogens is 398 g/mol. The van der Waals surface area contributed by atoms with Crippen molar-refractivity contribution in [1.29, 1.82) is 0 Å². The Labute approximate surface area is 168 Å². The number of nitrogens with zero attached hydrogens (tertiary/aromatic N) is 3. The van der Waals surface area contributed by atoms with Crippen LogP contribution in [-0.2, 0) is 6.18 Å². The summed E-state index contributed by atoms with van der Waals surface area (Å²) in [6.45, 7) is 0. The van der Waals surface area contributed by atoms with Crippen molar-refractivity contribution in [3.8, 4) is 28.3 Å². The summed E-state index contributed by atoms with van der Waals surface area (Å²) in [6, 6.07) is 8.81. The molecule has 1 saturated carbocycles. The molecule has 4 nitrogen and oxygen atoms in total. The Balaban J connectivity index is 1.71. The fourth-order valence-electron chi connectivity index (χ4n) is 3.58. The molecule has 0 aliphatic heterocycles. The molecule has 152 valence electrons. The van der Waals surface area contributed by atoms with Crippen LogP contribution < -0.4 is 0 Å². The molecule has 0 unspecified atom stereocenters. The summed E-state index contributed by atoms with van der Waals surface area (Å²) in [6.07, 6.45) is 0.457. The largest absolute Gasteiger partial charge is 0.508 e. The second-order valence-corrected chi connectivity index (χ2v) is 7.36. The third kappa shape index (κ3) is 3.18. The predicted octanol–water partition coefficient (Wildman–Crippen LogP) is 5.80. The molecular formula is C22H15F4N3O. The Bertz CT molecular complexity index is 1280. The molecule has 0 spiro atoms. The van der Waals surface area contributed by atoms with Crippen LogP contribution in [0.1, 0.15) is 30.0 Å². The number of imidazole rings is 1. The molecule has 1 aliphatic carbocycles. The maximum Gasteiger partial charge on any atom is 0.416 e. The van der Waals surface area contributed by atoms with Crippen LogP contribution in [-0.4, -0.2) is 19.5 Å². The van der Waals surface area contributed by atoms with Crippen molar-refractivity contribution in [3.63, 3.8) is 0 Å². The quantitative estimate of drug-likeness (QED) is 0.432. The summed E-state index contributed by atoms with van der Waals surface area (Å²) < 4.78 is 55.6. The normalized spacial score (nSPS) is 14.4. The fourth-order valence-corrected chi connectivity index (χ4v) is 3.58. The minimum absolute atomic E-state index is 0.190. The molecule has 0 atom stereocenters. The van der Waals surface area contributed by atoms with E-state index in [2.05, 4.69) is 9.97 Å². The van der Waals surface area contributed by atoms with Crippen LogP contribution in [0.25, 0.3) is 28.2 Å². The first-order valence-corrected chi connectivity index (χ1v) is 9.36. The molecule has 0 saturated heterocycles. The van der Waals surface area contributed by atoms with Crippen molar-refractivity contribution >= 4 is 5.65 Å². The van der Waals surface area contributed by atoms with Gasteiger partial charge in [0.05, 0.1) is 28.8 Å². The third-order valence-electron chi connectivity index (χ3n) is 5.19. The molecule has 1 fully saturated rings. The van der Waals surface area contributed by atoms with Gasteiger partial charge in [-0.1, -0.05) is 12.1 Å². The second-order valence-electron chi connectivity index (χ2n) is 7.36. The SMILES string of the molecule is Oc1ccc(-c2c(C3CC3)nc3cnc(-c4cccc(C(F)(F)F)c4)cn23)c(F)c1. The van der Waals surface area contributed by atoms with Crippen LogP contribution >= 0.6 is 0 Å². The van der Waals surface area contributed by atoms with E-state index in [-0.39, 0.29) is 17.2 Å². The van der Waals surface area contributed by atoms with Crippen LogP contribution in [0.15, 0.2) is 54.9 Å². The number of alkyl halides is 3. The van der Waals surface area contributed by atoms with Crippen molar-refractivity contribution in [3.05, 3.63) is 71.9 Å². The van der Waals surface area contributed by atoms with E-state index >= 15 is 0 Å². The zero-order valence-electron chi connectivity index (χ0n) is 15.5. The van der Waals surface area contributed by atoms with Crippen LogP contribution in [0.3, 0.4) is 0 Å². The van der Waals surface area contributed by atoms with Crippen molar-refractivity contribution in [1.82, 2.24) is 14.4 Å². The lowest BCUT2D eigenvalue weighted by molar-refractivity contribution is -0.137. The van der Waals surface area contributed by atoms with Gasteiger partial charge in [-0.15, -0.1) is 0 Å². The number of fused-ring (bicyclic) bond motifs is 1. The molecule has 2 aromatic heterocycles. The summed E-state index contributed by atoms with van der Waals surface area (Å²) in [7, 11) is 0. The second kappa shape index (κ2) is 6.55. The van der Waals surface area contributed by atoms with Gasteiger partial charge in [0.2, 0.25) is 0 Å². The van der Waals surface area contributed by atoms with Crippen LogP contribution in [0.4, 0.5) is 17.6 Å². The smallest absolute Gasteiger partial charge is 0.416 e. The van der Waals surface area contributed by atoms with E-state index in [1.54, 1.807) is 16.7 Å². The van der Waals surface area contributed by atoms with Gasteiger partial charge in [0, 0.05) is 29.3 Å². The van der Waals surface area contributed by atoms with E-state index in [9.17, 15) is 22.7 Å². The standard InChI is InChI=1S/C22H15F4N3O/c23-17-9-15(30)6-7-16(17)21-20(12-4-5-12)28-19-10-27-18(11-29(19)21)13-2-1-3-14(8-13)22(24,25)26/h1-3,6-12,30H,4-5H2. The summed E-state index contributed by atoms with van der Waals surface area (Å²) in [5.74, 6) is -0.592. The third-order valence-corrected chi connectivity index (χ3v) is 5.19. The number of aromatic nitrogens is 3. The monoisotopic (exact) mass is 413 g/mol. The number of phenolic OH excluding ortho intramolecular Hbond substituents is 1. The maximum atomic E-state index is 14.7. The number of benzene rings is 2. The lowest BCUT2D eigenvalue weighted by atomic mass is 10.1. The zero-order valence-corrected chi connectivity index (χ0v) is 15.5. The molecule has 30 heavy (non-hydrogen) atoms. The highest BCUT2D eigenvalue weighted by Crippen LogP contribution is 2.45. The van der Waals surface area contributed by atoms with E-state index in [0.29, 0.717) is 22.6 Å². The van der Waals surface area contributed by atoms with E-state index in [1.807, 2.05) is 0 Å². The fraction of sp³-hybridized carbons (Fsp3) is 0.182. The Kier molecular flexibility index (Phi) is 4.06. The van der Waals surface area contributed by atoms with Gasteiger partial charge in [-0.3, -0.25) is 9.38 Å². The van der Waals surface area contributed by atoms with Gasteiger partial charge in [0.1, 0.15) is 11.6 Å². The summed E-state index contributed by atoms with van der Waals surface area (Å²) in [5, 5.41) is 9.56. The molecule has 2 heterocycles. The van der Waals surface area contributed by atoms with Crippen LogP contribution in [0.2, 0.25) is 0 Å². The molecule has 0 amide bonds. The number of rotatable bonds is 3. The average Bonchev–Trinajstić information content (AvgIpc) is 3.48. The first-order chi connectivity index (χ1) is 14.3. The van der Waals surface area contributed by atoms with Crippen molar-refractivity contribution in [2.45, 2.75) is 24.9 Å². The van der Waals surface area contributed by atoms with Crippen LogP contribution in [0, 0.1) is 5.82 Å². The van der Waals surface area contributed by atoms with Gasteiger partial charge in [0.25, 0.3) is 0 Å².